The van der Waals surface area contributed by atoms with E-state index >= 15 is 0 Å². The average molecular weight is 354 g/mol. The Morgan fingerprint density at radius 1 is 1.31 bits per heavy atom. The molecule has 1 aliphatic heterocycles. The maximum atomic E-state index is 12.9. The first kappa shape index (κ1) is 18.1. The predicted octanol–water partition coefficient (Wildman–Crippen LogP) is 1.86. The van der Waals surface area contributed by atoms with Crippen molar-refractivity contribution in [1.82, 2.24) is 20.3 Å². The van der Waals surface area contributed by atoms with Crippen LogP contribution in [-0.2, 0) is 11.3 Å². The van der Waals surface area contributed by atoms with Gasteiger partial charge in [-0.15, -0.1) is 0 Å². The molecule has 0 aliphatic carbocycles. The number of amides is 1. The van der Waals surface area contributed by atoms with E-state index in [0.29, 0.717) is 13.1 Å². The summed E-state index contributed by atoms with van der Waals surface area (Å²) >= 11 is 0. The number of piperidine rings is 1. The molecule has 1 aliphatic rings. The fraction of sp³-hybridized carbons (Fsp3) is 0.474. The molecule has 1 amide bonds. The molecule has 2 aromatic rings. The van der Waals surface area contributed by atoms with Crippen LogP contribution < -0.4 is 15.1 Å². The average Bonchev–Trinajstić information content (AvgIpc) is 2.67. The number of carbonyl (C=O) groups is 1. The summed E-state index contributed by atoms with van der Waals surface area (Å²) in [6.45, 7) is 4.11. The minimum absolute atomic E-state index is 0.0842. The number of carbonyl (C=O) groups excluding carboxylic acids is 1. The van der Waals surface area contributed by atoms with Crippen molar-refractivity contribution < 1.29 is 4.79 Å². The van der Waals surface area contributed by atoms with E-state index in [9.17, 15) is 4.79 Å². The van der Waals surface area contributed by atoms with Gasteiger partial charge in [-0.1, -0.05) is 0 Å². The third-order valence-electron chi connectivity index (χ3n) is 4.87. The standard InChI is InChI=1S/C19H26N6O/c1-19(18(26)21-12-15-5-8-20-9-6-15)7-4-10-25(13-19)17-11-16(24(2)3)22-14-23-17/h5-6,8-9,11,14H,4,7,10,12-13H2,1-3H3,(H,21,26). The first-order chi connectivity index (χ1) is 12.5. The van der Waals surface area contributed by atoms with E-state index in [1.807, 2.05) is 44.1 Å². The van der Waals surface area contributed by atoms with Crippen LogP contribution in [0.2, 0.25) is 0 Å². The second-order valence-corrected chi connectivity index (χ2v) is 7.25. The highest BCUT2D eigenvalue weighted by Crippen LogP contribution is 2.32. The molecule has 1 saturated heterocycles. The number of nitrogens with zero attached hydrogens (tertiary/aromatic N) is 5. The lowest BCUT2D eigenvalue weighted by molar-refractivity contribution is -0.130. The van der Waals surface area contributed by atoms with E-state index in [2.05, 4.69) is 25.2 Å². The Kier molecular flexibility index (Phi) is 5.35. The number of hydrogen-bond donors (Lipinski definition) is 1. The van der Waals surface area contributed by atoms with Crippen LogP contribution in [0.5, 0.6) is 0 Å². The highest BCUT2D eigenvalue weighted by atomic mass is 16.2. The maximum absolute atomic E-state index is 12.9. The highest BCUT2D eigenvalue weighted by Gasteiger charge is 2.38. The Bertz CT molecular complexity index is 751. The number of nitrogens with one attached hydrogen (secondary N) is 1. The van der Waals surface area contributed by atoms with Gasteiger partial charge in [-0.25, -0.2) is 9.97 Å². The van der Waals surface area contributed by atoms with Gasteiger partial charge in [0.15, 0.2) is 0 Å². The van der Waals surface area contributed by atoms with Crippen molar-refractivity contribution in [2.24, 2.45) is 5.41 Å². The molecule has 0 aromatic carbocycles. The van der Waals surface area contributed by atoms with Crippen LogP contribution in [0.15, 0.2) is 36.9 Å². The summed E-state index contributed by atoms with van der Waals surface area (Å²) in [4.78, 5) is 29.7. The molecule has 3 heterocycles. The number of rotatable bonds is 5. The summed E-state index contributed by atoms with van der Waals surface area (Å²) in [5.41, 5.74) is 0.616. The van der Waals surface area contributed by atoms with Crippen LogP contribution in [0.4, 0.5) is 11.6 Å². The lowest BCUT2D eigenvalue weighted by atomic mass is 9.81. The molecule has 0 spiro atoms. The van der Waals surface area contributed by atoms with Gasteiger partial charge in [0.1, 0.15) is 18.0 Å². The SMILES string of the molecule is CN(C)c1cc(N2CCCC(C)(C(=O)NCc3ccncc3)C2)ncn1. The minimum Gasteiger partial charge on any atom is -0.363 e. The Morgan fingerprint density at radius 2 is 2.08 bits per heavy atom. The minimum atomic E-state index is -0.436. The van der Waals surface area contributed by atoms with Gasteiger partial charge in [0.25, 0.3) is 0 Å². The Balaban J connectivity index is 1.68. The van der Waals surface area contributed by atoms with Gasteiger partial charge in [-0.3, -0.25) is 9.78 Å². The summed E-state index contributed by atoms with van der Waals surface area (Å²) in [7, 11) is 3.91. The molecule has 26 heavy (non-hydrogen) atoms. The molecule has 1 N–H and O–H groups in total. The van der Waals surface area contributed by atoms with Crippen molar-refractivity contribution >= 4 is 17.5 Å². The number of hydrogen-bond acceptors (Lipinski definition) is 6. The molecule has 1 fully saturated rings. The van der Waals surface area contributed by atoms with Gasteiger partial charge in [0.05, 0.1) is 5.41 Å². The summed E-state index contributed by atoms with van der Waals surface area (Å²) in [5.74, 6) is 1.82. The Morgan fingerprint density at radius 3 is 2.81 bits per heavy atom. The summed E-state index contributed by atoms with van der Waals surface area (Å²) in [6.07, 6.45) is 6.89. The van der Waals surface area contributed by atoms with Crippen molar-refractivity contribution in [3.05, 3.63) is 42.5 Å². The molecule has 3 rings (SSSR count). The van der Waals surface area contributed by atoms with E-state index in [1.54, 1.807) is 18.7 Å². The Hall–Kier alpha value is -2.70. The molecule has 1 unspecified atom stereocenters. The van der Waals surface area contributed by atoms with E-state index in [1.165, 1.54) is 0 Å². The van der Waals surface area contributed by atoms with Crippen LogP contribution in [0, 0.1) is 5.41 Å². The summed E-state index contributed by atoms with van der Waals surface area (Å²) < 4.78 is 0. The van der Waals surface area contributed by atoms with Crippen molar-refractivity contribution in [2.45, 2.75) is 26.3 Å². The van der Waals surface area contributed by atoms with Crippen molar-refractivity contribution in [3.8, 4) is 0 Å². The fourth-order valence-corrected chi connectivity index (χ4v) is 3.27. The maximum Gasteiger partial charge on any atom is 0.227 e. The number of aromatic nitrogens is 3. The molecule has 0 saturated carbocycles. The first-order valence-electron chi connectivity index (χ1n) is 8.89. The lowest BCUT2D eigenvalue weighted by Gasteiger charge is -2.40. The zero-order valence-electron chi connectivity index (χ0n) is 15.6. The van der Waals surface area contributed by atoms with E-state index in [0.717, 1.165) is 36.6 Å². The number of anilines is 2. The quantitative estimate of drug-likeness (QED) is 0.883. The van der Waals surface area contributed by atoms with Crippen molar-refractivity contribution in [2.75, 3.05) is 37.0 Å². The third-order valence-corrected chi connectivity index (χ3v) is 4.87. The number of pyridine rings is 1. The van der Waals surface area contributed by atoms with Gasteiger partial charge in [-0.05, 0) is 37.5 Å². The summed E-state index contributed by atoms with van der Waals surface area (Å²) in [5, 5.41) is 3.08. The zero-order valence-corrected chi connectivity index (χ0v) is 15.6. The zero-order chi connectivity index (χ0) is 18.6. The third kappa shape index (κ3) is 4.09. The van der Waals surface area contributed by atoms with Gasteiger partial charge in [-0.2, -0.15) is 0 Å². The smallest absolute Gasteiger partial charge is 0.227 e. The fourth-order valence-electron chi connectivity index (χ4n) is 3.27. The molecule has 7 nitrogen and oxygen atoms in total. The first-order valence-corrected chi connectivity index (χ1v) is 8.89. The monoisotopic (exact) mass is 354 g/mol. The molecule has 1 atom stereocenters. The van der Waals surface area contributed by atoms with E-state index in [4.69, 9.17) is 0 Å². The largest absolute Gasteiger partial charge is 0.363 e. The molecule has 2 aromatic heterocycles. The van der Waals surface area contributed by atoms with Crippen molar-refractivity contribution in [3.63, 3.8) is 0 Å². The molecule has 7 heteroatoms. The van der Waals surface area contributed by atoms with Crippen molar-refractivity contribution in [1.29, 1.82) is 0 Å². The topological polar surface area (TPSA) is 74.2 Å². The van der Waals surface area contributed by atoms with Gasteiger partial charge < -0.3 is 15.1 Å². The molecular formula is C19H26N6O. The Labute approximate surface area is 154 Å². The molecule has 138 valence electrons. The predicted molar refractivity (Wildman–Crippen MR) is 102 cm³/mol. The van der Waals surface area contributed by atoms with Gasteiger partial charge >= 0.3 is 0 Å². The van der Waals surface area contributed by atoms with Gasteiger partial charge in [0, 0.05) is 52.2 Å². The second kappa shape index (κ2) is 7.68. The van der Waals surface area contributed by atoms with Crippen LogP contribution in [0.3, 0.4) is 0 Å². The van der Waals surface area contributed by atoms with Gasteiger partial charge in [0.2, 0.25) is 5.91 Å². The summed E-state index contributed by atoms with van der Waals surface area (Å²) in [6, 6.07) is 5.81. The lowest BCUT2D eigenvalue weighted by Crippen LogP contribution is -2.50. The van der Waals surface area contributed by atoms with Crippen LogP contribution in [0.25, 0.3) is 0 Å². The van der Waals surface area contributed by atoms with Crippen LogP contribution in [-0.4, -0.2) is 48.0 Å². The molecule has 0 bridgehead atoms. The van der Waals surface area contributed by atoms with E-state index in [-0.39, 0.29) is 5.91 Å². The molecular weight excluding hydrogens is 328 g/mol. The normalized spacial score (nSPS) is 19.9. The molecule has 0 radical (unpaired) electrons. The van der Waals surface area contributed by atoms with Crippen LogP contribution in [0.1, 0.15) is 25.3 Å². The highest BCUT2D eigenvalue weighted by molar-refractivity contribution is 5.83. The van der Waals surface area contributed by atoms with Crippen LogP contribution >= 0.6 is 0 Å². The second-order valence-electron chi connectivity index (χ2n) is 7.25. The van der Waals surface area contributed by atoms with E-state index < -0.39 is 5.41 Å².